The first-order valence-electron chi connectivity index (χ1n) is 13.0. The Kier molecular flexibility index (Phi) is 9.11. The van der Waals surface area contributed by atoms with E-state index in [-0.39, 0.29) is 18.7 Å². The molecule has 2 heterocycles. The van der Waals surface area contributed by atoms with Crippen LogP contribution in [0.25, 0.3) is 10.9 Å². The number of methoxy groups -OCH3 is 1. The minimum atomic E-state index is -1.15. The summed E-state index contributed by atoms with van der Waals surface area (Å²) in [5.41, 5.74) is 6.56. The molecule has 12 heteroatoms. The zero-order valence-corrected chi connectivity index (χ0v) is 23.2. The Morgan fingerprint density at radius 3 is 2.76 bits per heavy atom. The number of nitriles is 1. The minimum Gasteiger partial charge on any atom is -0.490 e. The van der Waals surface area contributed by atoms with Gasteiger partial charge in [-0.2, -0.15) is 10.4 Å². The first-order valence-corrected chi connectivity index (χ1v) is 13.0. The number of aromatic nitrogens is 1. The van der Waals surface area contributed by atoms with Crippen molar-refractivity contribution in [2.45, 2.75) is 39.6 Å². The lowest BCUT2D eigenvalue weighted by Crippen LogP contribution is -2.45. The fraction of sp³-hybridized carbons (Fsp3) is 0.310. The Balaban J connectivity index is 1.47. The second-order valence-corrected chi connectivity index (χ2v) is 9.18. The quantitative estimate of drug-likeness (QED) is 0.121. The summed E-state index contributed by atoms with van der Waals surface area (Å²) in [6.45, 7) is 5.75. The van der Waals surface area contributed by atoms with Gasteiger partial charge in [-0.25, -0.2) is 9.59 Å². The highest BCUT2D eigenvalue weighted by Gasteiger charge is 2.32. The van der Waals surface area contributed by atoms with Crippen LogP contribution in [0, 0.1) is 18.3 Å². The summed E-state index contributed by atoms with van der Waals surface area (Å²) in [5, 5.41) is 30.1. The molecular formula is C29H32N6O6. The van der Waals surface area contributed by atoms with Crippen molar-refractivity contribution in [3.63, 3.8) is 0 Å². The summed E-state index contributed by atoms with van der Waals surface area (Å²) in [5.74, 6) is 0.158. The summed E-state index contributed by atoms with van der Waals surface area (Å²) in [4.78, 5) is 24.6. The maximum atomic E-state index is 12.4. The van der Waals surface area contributed by atoms with Crippen LogP contribution in [0.1, 0.15) is 36.7 Å². The lowest BCUT2D eigenvalue weighted by atomic mass is 9.95. The molecule has 1 aliphatic rings. The second kappa shape index (κ2) is 12.9. The van der Waals surface area contributed by atoms with E-state index in [9.17, 15) is 20.0 Å². The van der Waals surface area contributed by atoms with Crippen molar-refractivity contribution >= 4 is 29.1 Å². The molecule has 41 heavy (non-hydrogen) atoms. The molecule has 0 fully saturated rings. The van der Waals surface area contributed by atoms with E-state index < -0.39 is 24.3 Å². The first-order chi connectivity index (χ1) is 19.8. The van der Waals surface area contributed by atoms with Crippen molar-refractivity contribution in [3.05, 3.63) is 70.6 Å². The first kappa shape index (κ1) is 29.0. The van der Waals surface area contributed by atoms with Crippen molar-refractivity contribution < 1.29 is 28.9 Å². The average Bonchev–Trinajstić information content (AvgIpc) is 3.22. The number of aliphatic hydroxyl groups is 1. The molecule has 0 bridgehead atoms. The summed E-state index contributed by atoms with van der Waals surface area (Å²) >= 11 is 0. The van der Waals surface area contributed by atoms with E-state index in [2.05, 4.69) is 27.2 Å². The zero-order chi connectivity index (χ0) is 29.5. The van der Waals surface area contributed by atoms with Gasteiger partial charge >= 0.3 is 12.0 Å². The minimum absolute atomic E-state index is 0.150. The molecule has 214 valence electrons. The largest absolute Gasteiger partial charge is 0.490 e. The van der Waals surface area contributed by atoms with Gasteiger partial charge in [0, 0.05) is 27.9 Å². The zero-order valence-electron chi connectivity index (χ0n) is 23.2. The molecule has 3 aromatic rings. The molecular weight excluding hydrogens is 528 g/mol. The number of nitrogens with zero attached hydrogens (tertiary/aromatic N) is 3. The highest BCUT2D eigenvalue weighted by atomic mass is 16.5. The number of ether oxygens (including phenoxy) is 3. The normalized spacial score (nSPS) is 15.7. The number of hydrogen-bond donors (Lipinski definition) is 4. The monoisotopic (exact) mass is 560 g/mol. The third-order valence-corrected chi connectivity index (χ3v) is 6.60. The van der Waals surface area contributed by atoms with Crippen molar-refractivity contribution in [1.82, 2.24) is 20.6 Å². The van der Waals surface area contributed by atoms with Gasteiger partial charge in [-0.1, -0.05) is 24.3 Å². The molecule has 2 amide bonds. The van der Waals surface area contributed by atoms with Crippen LogP contribution in [0.4, 0.5) is 4.79 Å². The van der Waals surface area contributed by atoms with Crippen LogP contribution in [0.5, 0.6) is 11.5 Å². The molecule has 0 saturated carbocycles. The number of para-hydroxylation sites is 1. The van der Waals surface area contributed by atoms with Crippen LogP contribution < -0.4 is 25.5 Å². The Labute approximate surface area is 237 Å². The third-order valence-electron chi connectivity index (χ3n) is 6.60. The van der Waals surface area contributed by atoms with Gasteiger partial charge in [-0.15, -0.1) is 0 Å². The molecule has 0 aliphatic carbocycles. The molecule has 0 unspecified atom stereocenters. The van der Waals surface area contributed by atoms with Gasteiger partial charge in [0.25, 0.3) is 0 Å². The van der Waals surface area contributed by atoms with Gasteiger partial charge in [0.2, 0.25) is 0 Å². The highest BCUT2D eigenvalue weighted by molar-refractivity contribution is 6.01. The number of urea groups is 1. The molecule has 1 aromatic heterocycles. The van der Waals surface area contributed by atoms with Gasteiger partial charge < -0.3 is 34.5 Å². The Morgan fingerprint density at radius 2 is 2.02 bits per heavy atom. The lowest BCUT2D eigenvalue weighted by Gasteiger charge is -2.28. The van der Waals surface area contributed by atoms with Crippen LogP contribution in [-0.4, -0.2) is 54.4 Å². The van der Waals surface area contributed by atoms with Gasteiger partial charge in [0.15, 0.2) is 17.7 Å². The van der Waals surface area contributed by atoms with E-state index in [0.29, 0.717) is 29.4 Å². The van der Waals surface area contributed by atoms with Crippen molar-refractivity contribution in [2.75, 3.05) is 20.3 Å². The van der Waals surface area contributed by atoms with E-state index in [1.54, 1.807) is 31.3 Å². The predicted molar refractivity (Wildman–Crippen MR) is 151 cm³/mol. The number of carbonyl (C=O) groups is 2. The van der Waals surface area contributed by atoms with Crippen LogP contribution in [0.2, 0.25) is 0 Å². The fourth-order valence-corrected chi connectivity index (χ4v) is 4.71. The summed E-state index contributed by atoms with van der Waals surface area (Å²) in [6, 6.07) is 13.7. The van der Waals surface area contributed by atoms with Gasteiger partial charge in [-0.05, 0) is 44.5 Å². The van der Waals surface area contributed by atoms with Gasteiger partial charge in [0.05, 0.1) is 37.6 Å². The molecule has 4 rings (SSSR count). The molecule has 0 saturated heterocycles. The summed E-state index contributed by atoms with van der Waals surface area (Å²) in [7, 11) is 1.27. The van der Waals surface area contributed by atoms with Crippen LogP contribution >= 0.6 is 0 Å². The number of hydrazone groups is 1. The van der Waals surface area contributed by atoms with E-state index in [0.717, 1.165) is 22.2 Å². The molecule has 2 atom stereocenters. The number of carbonyl (C=O) groups excluding carboxylic acids is 2. The number of nitrogens with one attached hydrogen (secondary N) is 3. The van der Waals surface area contributed by atoms with E-state index in [1.807, 2.05) is 42.7 Å². The van der Waals surface area contributed by atoms with Crippen LogP contribution in [0.3, 0.4) is 0 Å². The van der Waals surface area contributed by atoms with Crippen molar-refractivity contribution in [3.8, 4) is 17.6 Å². The van der Waals surface area contributed by atoms with Crippen molar-refractivity contribution in [2.24, 2.45) is 5.10 Å². The van der Waals surface area contributed by atoms with Gasteiger partial charge in [-0.3, -0.25) is 5.43 Å². The number of rotatable bonds is 11. The SMILES string of the molecule is CCOc1cc([C@@H]2NC(=O)NC(C)=C2C(=O)OC)ccc1OC[C@H](O)N/N=C/c1c(C)n(CC#N)c2ccccc12. The smallest absolute Gasteiger partial charge is 0.337 e. The lowest BCUT2D eigenvalue weighted by molar-refractivity contribution is -0.136. The van der Waals surface area contributed by atoms with E-state index in [4.69, 9.17) is 14.2 Å². The number of hydrogen-bond acceptors (Lipinski definition) is 9. The number of esters is 1. The Morgan fingerprint density at radius 1 is 1.24 bits per heavy atom. The van der Waals surface area contributed by atoms with Gasteiger partial charge in [0.1, 0.15) is 13.2 Å². The van der Waals surface area contributed by atoms with Crippen molar-refractivity contribution in [1.29, 1.82) is 5.26 Å². The second-order valence-electron chi connectivity index (χ2n) is 9.18. The maximum Gasteiger partial charge on any atom is 0.337 e. The fourth-order valence-electron chi connectivity index (χ4n) is 4.71. The Bertz CT molecular complexity index is 1550. The molecule has 12 nitrogen and oxygen atoms in total. The molecule has 2 aromatic carbocycles. The maximum absolute atomic E-state index is 12.4. The summed E-state index contributed by atoms with van der Waals surface area (Å²) in [6.07, 6.45) is 0.463. The number of aliphatic hydroxyl groups excluding tert-OH is 1. The Hall–Kier alpha value is -5.02. The third kappa shape index (κ3) is 6.26. The standard InChI is InChI=1S/C29H32N6O6/c1-5-40-24-14-19(27-26(28(37)39-4)17(2)32-29(38)33-27)10-11-23(24)41-16-25(36)34-31-15-21-18(3)35(13-12-30)22-9-7-6-8-20(21)22/h6-11,14-15,25,27,34,36H,5,13,16H2,1-4H3,(H2,32,33,38)/b31-15+/t25-,27-/m0/s1. The topological polar surface area (TPSA) is 159 Å². The van der Waals surface area contributed by atoms with Crippen LogP contribution in [0.15, 0.2) is 58.8 Å². The number of fused-ring (bicyclic) bond motifs is 1. The molecule has 0 spiro atoms. The highest BCUT2D eigenvalue weighted by Crippen LogP contribution is 2.35. The number of amides is 2. The molecule has 0 radical (unpaired) electrons. The summed E-state index contributed by atoms with van der Waals surface area (Å²) < 4.78 is 18.4. The number of allylic oxidation sites excluding steroid dienone is 1. The molecule has 4 N–H and O–H groups in total. The average molecular weight is 561 g/mol. The predicted octanol–water partition coefficient (Wildman–Crippen LogP) is 2.99. The van der Waals surface area contributed by atoms with E-state index in [1.165, 1.54) is 7.11 Å². The molecule has 1 aliphatic heterocycles. The van der Waals surface area contributed by atoms with Crippen LogP contribution in [-0.2, 0) is 16.1 Å². The number of benzene rings is 2. The van der Waals surface area contributed by atoms with E-state index >= 15 is 0 Å².